The topological polar surface area (TPSA) is 268 Å². The van der Waals surface area contributed by atoms with Gasteiger partial charge in [-0.1, -0.05) is 60.6 Å². The van der Waals surface area contributed by atoms with Gasteiger partial charge in [-0.2, -0.15) is 5.26 Å². The number of fused-ring (bicyclic) bond motifs is 1. The highest BCUT2D eigenvalue weighted by Gasteiger charge is 2.59. The van der Waals surface area contributed by atoms with Gasteiger partial charge in [0.2, 0.25) is 5.88 Å². The van der Waals surface area contributed by atoms with Gasteiger partial charge < -0.3 is 41.7 Å². The molecule has 5 rings (SSSR count). The van der Waals surface area contributed by atoms with Crippen molar-refractivity contribution in [1.29, 1.82) is 5.26 Å². The summed E-state index contributed by atoms with van der Waals surface area (Å²) in [6.07, 6.45) is 1.54. The smallest absolute Gasteiger partial charge is 0.474 e. The fourth-order valence-corrected chi connectivity index (χ4v) is 20.7. The third-order valence-electron chi connectivity index (χ3n) is 11.3. The Morgan fingerprint density at radius 1 is 1.05 bits per heavy atom. The Kier molecular flexibility index (Phi) is 16.8. The number of aromatic nitrogens is 7. The number of nitrogens with one attached hydrogen (secondary N) is 1. The second-order valence-electron chi connectivity index (χ2n) is 16.4. The summed E-state index contributed by atoms with van der Waals surface area (Å²) in [4.78, 5) is 49.7. The first-order chi connectivity index (χ1) is 28.4. The maximum atomic E-state index is 12.8. The van der Waals surface area contributed by atoms with Crippen LogP contribution in [0.25, 0.3) is 11.2 Å². The van der Waals surface area contributed by atoms with E-state index in [0.717, 1.165) is 0 Å². The van der Waals surface area contributed by atoms with Crippen LogP contribution in [0.15, 0.2) is 29.7 Å². The number of aromatic amines is 1. The summed E-state index contributed by atoms with van der Waals surface area (Å²) in [6, 6.07) is 2.83. The van der Waals surface area contributed by atoms with Crippen LogP contribution in [0.4, 0.5) is 0 Å². The normalized spacial score (nSPS) is 25.1. The van der Waals surface area contributed by atoms with Crippen molar-refractivity contribution in [3.05, 3.63) is 35.3 Å². The lowest BCUT2D eigenvalue weighted by Gasteiger charge is -2.48. The van der Waals surface area contributed by atoms with Crippen LogP contribution < -0.4 is 10.3 Å². The molecule has 3 aromatic rings. The van der Waals surface area contributed by atoms with E-state index in [4.69, 9.17) is 43.2 Å². The predicted molar refractivity (Wildman–Crippen MR) is 225 cm³/mol. The lowest BCUT2D eigenvalue weighted by molar-refractivity contribution is -0.0139. The van der Waals surface area contributed by atoms with Crippen LogP contribution in [0, 0.1) is 23.2 Å². The van der Waals surface area contributed by atoms with E-state index in [1.807, 2.05) is 61.5 Å². The highest BCUT2D eigenvalue weighted by molar-refractivity contribution is 8.07. The zero-order valence-corrected chi connectivity index (χ0v) is 39.7. The molecule has 0 spiro atoms. The minimum Gasteiger partial charge on any atom is -0.474 e. The standard InChI is InChI=1S/C35H56N8O12P2SSi2/c1-21(2)59(48,22(3)4)55-60(23(5)6,24(7)8)54-32-25(17-44)15-28(43-34-31(41-42-43)35(45)40-20-39-34)33(32)53-57(58,49-13-9-11-36)50-18-26-14-27(16-29(26)52-56(46)47)51-30-10-12-37-19-38-30/h10,12,19-29,32-33,44,48H,9,13-18H2,1-8H3,(H-,39,40,42,45,46,47)/p+1/t25-,26-,27-,28-,29+,32-,33-,57?/m1/s1. The molecule has 2 fully saturated rings. The molecule has 0 amide bonds. The molecular weight excluding hydrogens is 875 g/mol. The molecule has 4 N–H and O–H groups in total. The van der Waals surface area contributed by atoms with E-state index in [2.05, 4.69) is 30.2 Å². The van der Waals surface area contributed by atoms with E-state index in [0.29, 0.717) is 12.3 Å². The molecule has 3 aromatic heterocycles. The minimum atomic E-state index is -3.91. The molecule has 3 heterocycles. The van der Waals surface area contributed by atoms with Crippen molar-refractivity contribution in [3.63, 3.8) is 0 Å². The quantitative estimate of drug-likeness (QED) is 0.0571. The summed E-state index contributed by atoms with van der Waals surface area (Å²) in [6.45, 7) is 11.2. The number of hydrogen-bond acceptors (Lipinski definition) is 18. The van der Waals surface area contributed by atoms with E-state index in [1.54, 1.807) is 6.07 Å². The fourth-order valence-electron chi connectivity index (χ4n) is 8.06. The van der Waals surface area contributed by atoms with Crippen LogP contribution in [0.5, 0.6) is 5.88 Å². The van der Waals surface area contributed by atoms with Crippen molar-refractivity contribution in [2.75, 3.05) is 19.8 Å². The van der Waals surface area contributed by atoms with Crippen molar-refractivity contribution < 1.29 is 50.7 Å². The van der Waals surface area contributed by atoms with Crippen LogP contribution >= 0.6 is 15.0 Å². The third-order valence-corrected chi connectivity index (χ3v) is 23.8. The summed E-state index contributed by atoms with van der Waals surface area (Å²) >= 11 is 6.13. The van der Waals surface area contributed by atoms with Gasteiger partial charge in [0.1, 0.15) is 24.6 Å². The van der Waals surface area contributed by atoms with Gasteiger partial charge in [0, 0.05) is 41.7 Å². The highest BCUT2D eigenvalue weighted by atomic mass is 32.5. The Hall–Kier alpha value is -2.53. The number of nitrogens with zero attached hydrogens (tertiary/aromatic N) is 7. The summed E-state index contributed by atoms with van der Waals surface area (Å²) < 4.78 is 58.8. The summed E-state index contributed by atoms with van der Waals surface area (Å²) in [5, 5.41) is 29.0. The molecule has 60 heavy (non-hydrogen) atoms. The molecule has 2 aliphatic rings. The second kappa shape index (κ2) is 20.8. The number of aliphatic hydroxyl groups is 1. The van der Waals surface area contributed by atoms with Gasteiger partial charge in [-0.3, -0.25) is 4.79 Å². The van der Waals surface area contributed by atoms with Crippen LogP contribution in [-0.4, -0.2) is 111 Å². The monoisotopic (exact) mass is 931 g/mol. The van der Waals surface area contributed by atoms with Gasteiger partial charge in [-0.05, 0) is 46.8 Å². The average molecular weight is 932 g/mol. The fraction of sp³-hybridized carbons (Fsp3) is 0.743. The Bertz CT molecular complexity index is 2030. The highest BCUT2D eigenvalue weighted by Crippen LogP contribution is 2.57. The molecule has 0 aromatic carbocycles. The molecular formula is C35H57N8O12P2SSi2+. The summed E-state index contributed by atoms with van der Waals surface area (Å²) in [5.41, 5.74) is -1.12. The molecule has 0 radical (unpaired) electrons. The maximum absolute atomic E-state index is 12.8. The third kappa shape index (κ3) is 11.0. The molecule has 0 aliphatic heterocycles. The average Bonchev–Trinajstić information content (AvgIpc) is 3.88. The first-order valence-corrected chi connectivity index (χ1v) is 27.7. The zero-order chi connectivity index (χ0) is 44.0. The second-order valence-corrected chi connectivity index (χ2v) is 28.7. The van der Waals surface area contributed by atoms with Crippen molar-refractivity contribution in [1.82, 2.24) is 34.9 Å². The molecule has 0 saturated heterocycles. The number of nitriles is 1. The molecule has 2 aliphatic carbocycles. The van der Waals surface area contributed by atoms with E-state index in [-0.39, 0.29) is 72.4 Å². The van der Waals surface area contributed by atoms with E-state index in [9.17, 15) is 29.4 Å². The van der Waals surface area contributed by atoms with Gasteiger partial charge in [-0.15, -0.1) is 14.5 Å². The predicted octanol–water partition coefficient (Wildman–Crippen LogP) is 5.23. The van der Waals surface area contributed by atoms with Crippen LogP contribution in [0.3, 0.4) is 0 Å². The van der Waals surface area contributed by atoms with E-state index < -0.39 is 79.9 Å². The van der Waals surface area contributed by atoms with Crippen LogP contribution in [0.2, 0.25) is 22.2 Å². The SMILES string of the molecule is CC(C)[Si](O)(O[Si](O[C@@H]1[C@@H](CO)C[C@@H](n2nnc3c(=O)[nH]cnc32)[C@H]1OP(=S)(OCCC#N)OC[C@H]1C[C@@H](Oc2ccncn2)C[C@@H]1O[P+](=O)O)(C(C)C)C(C)C)C(C)C. The zero-order valence-electron chi connectivity index (χ0n) is 35.1. The first-order valence-electron chi connectivity index (χ1n) is 20.1. The van der Waals surface area contributed by atoms with Gasteiger partial charge in [0.15, 0.2) is 11.2 Å². The molecule has 20 nitrogen and oxygen atoms in total. The molecule has 0 bridgehead atoms. The maximum Gasteiger partial charge on any atom is 0.695 e. The van der Waals surface area contributed by atoms with E-state index >= 15 is 0 Å². The van der Waals surface area contributed by atoms with Crippen LogP contribution in [-0.2, 0) is 43.0 Å². The Labute approximate surface area is 357 Å². The van der Waals surface area contributed by atoms with E-state index in [1.165, 1.54) is 23.5 Å². The van der Waals surface area contributed by atoms with Gasteiger partial charge in [0.05, 0.1) is 44.2 Å². The molecule has 9 atom stereocenters. The first kappa shape index (κ1) is 48.5. The largest absolute Gasteiger partial charge is 0.695 e. The Morgan fingerprint density at radius 2 is 1.77 bits per heavy atom. The number of H-pyrrole nitrogens is 1. The number of hydrogen-bond donors (Lipinski definition) is 4. The van der Waals surface area contributed by atoms with Crippen molar-refractivity contribution in [2.24, 2.45) is 11.8 Å². The van der Waals surface area contributed by atoms with Gasteiger partial charge in [-0.25, -0.2) is 19.6 Å². The number of rotatable bonds is 22. The lowest BCUT2D eigenvalue weighted by Crippen LogP contribution is -2.62. The van der Waals surface area contributed by atoms with Crippen molar-refractivity contribution >= 4 is 55.1 Å². The number of ether oxygens (including phenoxy) is 1. The molecule has 25 heteroatoms. The summed E-state index contributed by atoms with van der Waals surface area (Å²) in [7, 11) is -9.94. The van der Waals surface area contributed by atoms with Gasteiger partial charge >= 0.3 is 32.1 Å². The van der Waals surface area contributed by atoms with Gasteiger partial charge in [0.25, 0.3) is 5.56 Å². The summed E-state index contributed by atoms with van der Waals surface area (Å²) in [5.74, 6) is -0.816. The minimum absolute atomic E-state index is 0.0169. The van der Waals surface area contributed by atoms with Crippen molar-refractivity contribution in [2.45, 2.75) is 134 Å². The molecule has 2 unspecified atom stereocenters. The van der Waals surface area contributed by atoms with Crippen molar-refractivity contribution in [3.8, 4) is 11.9 Å². The number of aliphatic hydroxyl groups excluding tert-OH is 1. The lowest BCUT2D eigenvalue weighted by atomic mass is 10.1. The molecule has 2 saturated carbocycles. The molecule has 332 valence electrons. The Morgan fingerprint density at radius 3 is 2.37 bits per heavy atom. The van der Waals surface area contributed by atoms with Crippen LogP contribution in [0.1, 0.15) is 87.1 Å². The Balaban J connectivity index is 1.56.